The molecule has 0 saturated heterocycles. The summed E-state index contributed by atoms with van der Waals surface area (Å²) >= 11 is 3.58. The lowest BCUT2D eigenvalue weighted by atomic mass is 10.0. The lowest BCUT2D eigenvalue weighted by Gasteiger charge is -2.33. The summed E-state index contributed by atoms with van der Waals surface area (Å²) in [6.45, 7) is 12.2. The van der Waals surface area contributed by atoms with E-state index in [2.05, 4.69) is 35.1 Å². The molecule has 0 heterocycles. The lowest BCUT2D eigenvalue weighted by Crippen LogP contribution is -2.55. The van der Waals surface area contributed by atoms with Crippen molar-refractivity contribution in [3.05, 3.63) is 99.5 Å². The molecule has 0 saturated carbocycles. The Kier molecular flexibility index (Phi) is 10.1. The number of amides is 2. The molecule has 0 radical (unpaired) electrons. The van der Waals surface area contributed by atoms with Crippen molar-refractivity contribution < 1.29 is 14.3 Å². The number of hydrogen-bond donors (Lipinski definition) is 1. The van der Waals surface area contributed by atoms with Crippen LogP contribution in [0, 0.1) is 6.92 Å². The number of nitrogens with one attached hydrogen (secondary N) is 1. The van der Waals surface area contributed by atoms with Gasteiger partial charge in [0.25, 0.3) is 5.91 Å². The number of benzene rings is 3. The van der Waals surface area contributed by atoms with Gasteiger partial charge in [-0.05, 0) is 78.4 Å². The number of rotatable bonds is 10. The molecular formula is C32H39BrN2O3. The van der Waals surface area contributed by atoms with E-state index in [0.29, 0.717) is 24.6 Å². The molecule has 1 unspecified atom stereocenters. The first kappa shape index (κ1) is 29.4. The fourth-order valence-electron chi connectivity index (χ4n) is 4.11. The number of carbonyl (C=O) groups excluding carboxylic acids is 2. The van der Waals surface area contributed by atoms with Gasteiger partial charge in [0.2, 0.25) is 5.91 Å². The zero-order valence-corrected chi connectivity index (χ0v) is 24.8. The van der Waals surface area contributed by atoms with E-state index < -0.39 is 11.6 Å². The second kappa shape index (κ2) is 13.1. The van der Waals surface area contributed by atoms with E-state index >= 15 is 0 Å². The van der Waals surface area contributed by atoms with Crippen molar-refractivity contribution in [1.82, 2.24) is 10.2 Å². The molecule has 5 nitrogen and oxygen atoms in total. The first-order valence-corrected chi connectivity index (χ1v) is 13.9. The zero-order chi connectivity index (χ0) is 27.9. The molecule has 1 N–H and O–H groups in total. The van der Waals surface area contributed by atoms with Crippen LogP contribution in [0.5, 0.6) is 5.75 Å². The molecule has 2 amide bonds. The molecule has 38 heavy (non-hydrogen) atoms. The van der Waals surface area contributed by atoms with Crippen LogP contribution in [0.3, 0.4) is 0 Å². The molecule has 202 valence electrons. The highest BCUT2D eigenvalue weighted by Gasteiger charge is 2.32. The Hall–Kier alpha value is -3.12. The number of nitrogens with zero attached hydrogens (tertiary/aromatic N) is 1. The molecule has 0 aliphatic rings. The van der Waals surface area contributed by atoms with Gasteiger partial charge in [0.15, 0.2) is 6.61 Å². The van der Waals surface area contributed by atoms with Crippen molar-refractivity contribution in [1.29, 1.82) is 0 Å². The molecule has 3 rings (SSSR count). The molecule has 0 fully saturated rings. The predicted molar refractivity (Wildman–Crippen MR) is 157 cm³/mol. The van der Waals surface area contributed by atoms with Crippen LogP contribution in [0.15, 0.2) is 77.3 Å². The molecule has 3 aromatic carbocycles. The van der Waals surface area contributed by atoms with E-state index in [1.807, 2.05) is 100 Å². The third kappa shape index (κ3) is 8.73. The highest BCUT2D eigenvalue weighted by atomic mass is 79.9. The molecule has 0 aliphatic heterocycles. The predicted octanol–water partition coefficient (Wildman–Crippen LogP) is 6.81. The fourth-order valence-corrected chi connectivity index (χ4v) is 4.62. The van der Waals surface area contributed by atoms with Gasteiger partial charge >= 0.3 is 0 Å². The van der Waals surface area contributed by atoms with Gasteiger partial charge in [0, 0.05) is 18.5 Å². The van der Waals surface area contributed by atoms with Gasteiger partial charge < -0.3 is 15.0 Å². The number of aryl methyl sites for hydroxylation is 1. The van der Waals surface area contributed by atoms with Crippen LogP contribution >= 0.6 is 15.9 Å². The third-order valence-electron chi connectivity index (χ3n) is 6.22. The van der Waals surface area contributed by atoms with E-state index in [0.717, 1.165) is 21.2 Å². The summed E-state index contributed by atoms with van der Waals surface area (Å²) in [6, 6.07) is 23.0. The Balaban J connectivity index is 1.92. The molecule has 0 spiro atoms. The Bertz CT molecular complexity index is 1220. The monoisotopic (exact) mass is 578 g/mol. The second-order valence-electron chi connectivity index (χ2n) is 11.1. The van der Waals surface area contributed by atoms with Gasteiger partial charge in [-0.1, -0.05) is 80.1 Å². The molecule has 0 aliphatic carbocycles. The van der Waals surface area contributed by atoms with Crippen molar-refractivity contribution >= 4 is 27.7 Å². The first-order valence-electron chi connectivity index (χ1n) is 13.1. The van der Waals surface area contributed by atoms with Crippen LogP contribution < -0.4 is 10.1 Å². The average molecular weight is 580 g/mol. The summed E-state index contributed by atoms with van der Waals surface area (Å²) in [5, 5.41) is 3.09. The number of ether oxygens (including phenoxy) is 1. The number of carbonyl (C=O) groups is 2. The second-order valence-corrected chi connectivity index (χ2v) is 11.9. The highest BCUT2D eigenvalue weighted by molar-refractivity contribution is 9.10. The molecule has 3 aromatic rings. The fraction of sp³-hybridized carbons (Fsp3) is 0.375. The maximum atomic E-state index is 13.8. The van der Waals surface area contributed by atoms with Crippen LogP contribution in [0.2, 0.25) is 0 Å². The van der Waals surface area contributed by atoms with Gasteiger partial charge in [-0.3, -0.25) is 9.59 Å². The van der Waals surface area contributed by atoms with Crippen molar-refractivity contribution in [2.45, 2.75) is 72.0 Å². The Morgan fingerprint density at radius 1 is 0.947 bits per heavy atom. The topological polar surface area (TPSA) is 58.6 Å². The minimum atomic E-state index is -0.708. The lowest BCUT2D eigenvalue weighted by molar-refractivity contribution is -0.143. The summed E-state index contributed by atoms with van der Waals surface area (Å²) in [7, 11) is 0. The van der Waals surface area contributed by atoms with Crippen molar-refractivity contribution in [3.63, 3.8) is 0 Å². The SMILES string of the molecule is Cc1ccc(CN(C(=O)COc2ccc(C(C)C)cc2Br)C(Cc2ccccc2)C(=O)NC(C)(C)C)cc1. The summed E-state index contributed by atoms with van der Waals surface area (Å²) in [6.07, 6.45) is 0.396. The largest absolute Gasteiger partial charge is 0.483 e. The molecule has 6 heteroatoms. The Labute approximate surface area is 235 Å². The maximum absolute atomic E-state index is 13.8. The molecule has 1 atom stereocenters. The minimum absolute atomic E-state index is 0.181. The van der Waals surface area contributed by atoms with Crippen LogP contribution in [-0.4, -0.2) is 34.9 Å². The molecule has 0 aromatic heterocycles. The van der Waals surface area contributed by atoms with E-state index in [1.165, 1.54) is 5.56 Å². The van der Waals surface area contributed by atoms with Crippen LogP contribution in [0.25, 0.3) is 0 Å². The number of halogens is 1. The third-order valence-corrected chi connectivity index (χ3v) is 6.84. The summed E-state index contributed by atoms with van der Waals surface area (Å²) in [4.78, 5) is 29.1. The van der Waals surface area contributed by atoms with Crippen molar-refractivity contribution in [3.8, 4) is 5.75 Å². The van der Waals surface area contributed by atoms with Gasteiger partial charge in [-0.25, -0.2) is 0 Å². The maximum Gasteiger partial charge on any atom is 0.261 e. The van der Waals surface area contributed by atoms with Crippen molar-refractivity contribution in [2.75, 3.05) is 6.61 Å². The van der Waals surface area contributed by atoms with Crippen molar-refractivity contribution in [2.24, 2.45) is 0 Å². The first-order chi connectivity index (χ1) is 17.9. The van der Waals surface area contributed by atoms with E-state index in [4.69, 9.17) is 4.74 Å². The minimum Gasteiger partial charge on any atom is -0.483 e. The summed E-state index contributed by atoms with van der Waals surface area (Å²) < 4.78 is 6.78. The van der Waals surface area contributed by atoms with Gasteiger partial charge in [0.1, 0.15) is 11.8 Å². The Morgan fingerprint density at radius 3 is 2.18 bits per heavy atom. The molecular weight excluding hydrogens is 540 g/mol. The average Bonchev–Trinajstić information content (AvgIpc) is 2.85. The highest BCUT2D eigenvalue weighted by Crippen LogP contribution is 2.29. The van der Waals surface area contributed by atoms with E-state index in [-0.39, 0.29) is 18.4 Å². The number of hydrogen-bond acceptors (Lipinski definition) is 3. The van der Waals surface area contributed by atoms with E-state index in [9.17, 15) is 9.59 Å². The summed E-state index contributed by atoms with van der Waals surface area (Å²) in [5.41, 5.74) is 3.81. The van der Waals surface area contributed by atoms with E-state index in [1.54, 1.807) is 4.90 Å². The van der Waals surface area contributed by atoms with Gasteiger partial charge in [0.05, 0.1) is 4.47 Å². The standard InChI is InChI=1S/C32H39BrN2O3/c1-22(2)26-16-17-29(27(33)19-26)38-21-30(36)35(20-25-14-12-23(3)13-15-25)28(31(37)34-32(4,5)6)18-24-10-8-7-9-11-24/h7-17,19,22,28H,18,20-21H2,1-6H3,(H,34,37). The molecule has 0 bridgehead atoms. The quantitative estimate of drug-likeness (QED) is 0.287. The van der Waals surface area contributed by atoms with Gasteiger partial charge in [-0.2, -0.15) is 0 Å². The van der Waals surface area contributed by atoms with Crippen LogP contribution in [-0.2, 0) is 22.6 Å². The smallest absolute Gasteiger partial charge is 0.261 e. The zero-order valence-electron chi connectivity index (χ0n) is 23.3. The van der Waals surface area contributed by atoms with Crippen LogP contribution in [0.4, 0.5) is 0 Å². The summed E-state index contributed by atoms with van der Waals surface area (Å²) in [5.74, 6) is 0.531. The van der Waals surface area contributed by atoms with Crippen LogP contribution in [0.1, 0.15) is 62.8 Å². The Morgan fingerprint density at radius 2 is 1.61 bits per heavy atom. The van der Waals surface area contributed by atoms with Gasteiger partial charge in [-0.15, -0.1) is 0 Å². The normalized spacial score (nSPS) is 12.2.